The third kappa shape index (κ3) is 3.10. The number of hydrogen-bond donors (Lipinski definition) is 1. The Bertz CT molecular complexity index is 728. The standard InChI is InChI=1S/C11H11BrClN3O2S/c1-7-11(6-16(2)14-7)15-19(17,18)8-3-4-10(13)9(12)5-8/h3-6,15H,1-2H3. The Morgan fingerprint density at radius 2 is 2.11 bits per heavy atom. The van der Waals surface area contributed by atoms with Crippen molar-refractivity contribution >= 4 is 43.2 Å². The number of sulfonamides is 1. The Kier molecular flexibility index (Phi) is 3.89. The van der Waals surface area contributed by atoms with Crippen LogP contribution in [0.15, 0.2) is 33.8 Å². The lowest BCUT2D eigenvalue weighted by atomic mass is 10.4. The summed E-state index contributed by atoms with van der Waals surface area (Å²) >= 11 is 9.05. The number of benzene rings is 1. The van der Waals surface area contributed by atoms with Gasteiger partial charge < -0.3 is 0 Å². The Morgan fingerprint density at radius 1 is 1.42 bits per heavy atom. The first-order chi connectivity index (χ1) is 8.79. The normalized spacial score (nSPS) is 11.6. The predicted molar refractivity (Wildman–Crippen MR) is 77.9 cm³/mol. The van der Waals surface area contributed by atoms with Crippen LogP contribution in [0, 0.1) is 6.92 Å². The molecule has 1 heterocycles. The van der Waals surface area contributed by atoms with Crippen molar-refractivity contribution < 1.29 is 8.42 Å². The summed E-state index contributed by atoms with van der Waals surface area (Å²) in [5.74, 6) is 0. The van der Waals surface area contributed by atoms with E-state index >= 15 is 0 Å². The second-order valence-electron chi connectivity index (χ2n) is 3.98. The molecule has 0 atom stereocenters. The van der Waals surface area contributed by atoms with Crippen molar-refractivity contribution in [3.8, 4) is 0 Å². The van der Waals surface area contributed by atoms with Gasteiger partial charge in [-0.25, -0.2) is 8.42 Å². The van der Waals surface area contributed by atoms with Gasteiger partial charge in [0.25, 0.3) is 10.0 Å². The molecule has 0 saturated carbocycles. The summed E-state index contributed by atoms with van der Waals surface area (Å²) in [7, 11) is -1.93. The predicted octanol–water partition coefficient (Wildman–Crippen LogP) is 2.95. The van der Waals surface area contributed by atoms with Crippen molar-refractivity contribution in [1.82, 2.24) is 9.78 Å². The lowest BCUT2D eigenvalue weighted by molar-refractivity contribution is 0.601. The minimum atomic E-state index is -3.65. The van der Waals surface area contributed by atoms with E-state index < -0.39 is 10.0 Å². The van der Waals surface area contributed by atoms with E-state index in [9.17, 15) is 8.42 Å². The topological polar surface area (TPSA) is 64.0 Å². The van der Waals surface area contributed by atoms with Crippen molar-refractivity contribution in [2.75, 3.05) is 4.72 Å². The summed E-state index contributed by atoms with van der Waals surface area (Å²) in [6, 6.07) is 4.42. The molecule has 0 aliphatic carbocycles. The summed E-state index contributed by atoms with van der Waals surface area (Å²) < 4.78 is 29.0. The Morgan fingerprint density at radius 3 is 2.63 bits per heavy atom. The molecule has 0 unspecified atom stereocenters. The van der Waals surface area contributed by atoms with E-state index in [1.54, 1.807) is 24.9 Å². The summed E-state index contributed by atoms with van der Waals surface area (Å²) in [6.45, 7) is 1.73. The van der Waals surface area contributed by atoms with E-state index in [0.29, 0.717) is 20.9 Å². The second kappa shape index (κ2) is 5.15. The zero-order chi connectivity index (χ0) is 14.2. The molecule has 0 fully saturated rings. The Balaban J connectivity index is 2.37. The quantitative estimate of drug-likeness (QED) is 0.910. The summed E-state index contributed by atoms with van der Waals surface area (Å²) in [5, 5.41) is 4.54. The van der Waals surface area contributed by atoms with Gasteiger partial charge in [-0.2, -0.15) is 5.10 Å². The van der Waals surface area contributed by atoms with Gasteiger partial charge in [-0.15, -0.1) is 0 Å². The van der Waals surface area contributed by atoms with Gasteiger partial charge >= 0.3 is 0 Å². The van der Waals surface area contributed by atoms with Gasteiger partial charge in [0.2, 0.25) is 0 Å². The summed E-state index contributed by atoms with van der Waals surface area (Å²) in [5.41, 5.74) is 1.06. The highest BCUT2D eigenvalue weighted by Gasteiger charge is 2.17. The molecule has 2 rings (SSSR count). The number of anilines is 1. The van der Waals surface area contributed by atoms with E-state index in [2.05, 4.69) is 25.8 Å². The highest BCUT2D eigenvalue weighted by molar-refractivity contribution is 9.10. The average molecular weight is 365 g/mol. The van der Waals surface area contributed by atoms with E-state index in [1.807, 2.05) is 0 Å². The number of hydrogen-bond acceptors (Lipinski definition) is 3. The highest BCUT2D eigenvalue weighted by atomic mass is 79.9. The number of nitrogens with one attached hydrogen (secondary N) is 1. The molecule has 0 bridgehead atoms. The SMILES string of the molecule is Cc1nn(C)cc1NS(=O)(=O)c1ccc(Cl)c(Br)c1. The third-order valence-corrected chi connectivity index (χ3v) is 5.04. The molecule has 0 spiro atoms. The van der Waals surface area contributed by atoms with Crippen molar-refractivity contribution in [2.24, 2.45) is 7.05 Å². The van der Waals surface area contributed by atoms with Crippen molar-refractivity contribution in [3.63, 3.8) is 0 Å². The van der Waals surface area contributed by atoms with E-state index in [1.165, 1.54) is 18.2 Å². The summed E-state index contributed by atoms with van der Waals surface area (Å²) in [4.78, 5) is 0.132. The molecule has 0 aliphatic heterocycles. The van der Waals surface area contributed by atoms with Crippen LogP contribution in [0.25, 0.3) is 0 Å². The average Bonchev–Trinajstić information content (AvgIpc) is 2.60. The molecule has 8 heteroatoms. The van der Waals surface area contributed by atoms with Crippen LogP contribution in [-0.4, -0.2) is 18.2 Å². The van der Waals surface area contributed by atoms with Gasteiger partial charge in [0, 0.05) is 17.7 Å². The van der Waals surface area contributed by atoms with Gasteiger partial charge in [0.1, 0.15) is 0 Å². The molecule has 0 aliphatic rings. The highest BCUT2D eigenvalue weighted by Crippen LogP contribution is 2.26. The van der Waals surface area contributed by atoms with Crippen LogP contribution in [0.2, 0.25) is 5.02 Å². The molecule has 1 N–H and O–H groups in total. The molecule has 1 aromatic heterocycles. The molecular weight excluding hydrogens is 354 g/mol. The fourth-order valence-electron chi connectivity index (χ4n) is 1.55. The lowest BCUT2D eigenvalue weighted by Gasteiger charge is -2.07. The van der Waals surface area contributed by atoms with E-state index in [0.717, 1.165) is 0 Å². The van der Waals surface area contributed by atoms with Gasteiger partial charge in [-0.3, -0.25) is 9.40 Å². The van der Waals surface area contributed by atoms with Crippen molar-refractivity contribution in [3.05, 3.63) is 39.6 Å². The number of rotatable bonds is 3. The maximum absolute atomic E-state index is 12.2. The van der Waals surface area contributed by atoms with Crippen LogP contribution in [0.3, 0.4) is 0 Å². The first-order valence-corrected chi connectivity index (χ1v) is 7.93. The fourth-order valence-corrected chi connectivity index (χ4v) is 3.32. The Hall–Kier alpha value is -1.05. The minimum Gasteiger partial charge on any atom is -0.276 e. The molecule has 5 nitrogen and oxygen atoms in total. The van der Waals surface area contributed by atoms with Gasteiger partial charge in [-0.1, -0.05) is 11.6 Å². The monoisotopic (exact) mass is 363 g/mol. The largest absolute Gasteiger partial charge is 0.276 e. The minimum absolute atomic E-state index is 0.132. The van der Waals surface area contributed by atoms with Gasteiger partial charge in [0.15, 0.2) is 0 Å². The number of nitrogens with zero attached hydrogens (tertiary/aromatic N) is 2. The van der Waals surface area contributed by atoms with Crippen LogP contribution in [-0.2, 0) is 17.1 Å². The van der Waals surface area contributed by atoms with Crippen molar-refractivity contribution in [2.45, 2.75) is 11.8 Å². The Labute approximate surface area is 124 Å². The first-order valence-electron chi connectivity index (χ1n) is 5.28. The maximum atomic E-state index is 12.2. The number of aryl methyl sites for hydroxylation is 2. The molecule has 19 heavy (non-hydrogen) atoms. The van der Waals surface area contributed by atoms with Gasteiger partial charge in [0.05, 0.1) is 21.3 Å². The number of halogens is 2. The molecule has 0 saturated heterocycles. The van der Waals surface area contributed by atoms with Gasteiger partial charge in [-0.05, 0) is 41.1 Å². The molecule has 1 aromatic carbocycles. The maximum Gasteiger partial charge on any atom is 0.262 e. The molecular formula is C11H11BrClN3O2S. The van der Waals surface area contributed by atoms with E-state index in [-0.39, 0.29) is 4.90 Å². The first kappa shape index (κ1) is 14.4. The second-order valence-corrected chi connectivity index (χ2v) is 6.93. The van der Waals surface area contributed by atoms with E-state index in [4.69, 9.17) is 11.6 Å². The van der Waals surface area contributed by atoms with Crippen molar-refractivity contribution in [1.29, 1.82) is 0 Å². The van der Waals surface area contributed by atoms with Crippen LogP contribution in [0.5, 0.6) is 0 Å². The third-order valence-electron chi connectivity index (χ3n) is 2.46. The molecule has 102 valence electrons. The summed E-state index contributed by atoms with van der Waals surface area (Å²) in [6.07, 6.45) is 1.61. The van der Waals surface area contributed by atoms with Crippen LogP contribution >= 0.6 is 27.5 Å². The fraction of sp³-hybridized carbons (Fsp3) is 0.182. The molecule has 0 amide bonds. The molecule has 0 radical (unpaired) electrons. The zero-order valence-electron chi connectivity index (χ0n) is 10.2. The smallest absolute Gasteiger partial charge is 0.262 e. The van der Waals surface area contributed by atoms with Crippen LogP contribution < -0.4 is 4.72 Å². The lowest BCUT2D eigenvalue weighted by Crippen LogP contribution is -2.13. The molecule has 2 aromatic rings. The van der Waals surface area contributed by atoms with Crippen LogP contribution in [0.1, 0.15) is 5.69 Å². The number of aromatic nitrogens is 2. The van der Waals surface area contributed by atoms with Crippen LogP contribution in [0.4, 0.5) is 5.69 Å². The zero-order valence-corrected chi connectivity index (χ0v) is 13.3.